The summed E-state index contributed by atoms with van der Waals surface area (Å²) in [7, 11) is 0. The van der Waals surface area contributed by atoms with E-state index in [1.165, 1.54) is 6.33 Å². The zero-order valence-electron chi connectivity index (χ0n) is 23.2. The molecule has 8 atom stereocenters. The van der Waals surface area contributed by atoms with Crippen LogP contribution in [0.15, 0.2) is 6.33 Å². The van der Waals surface area contributed by atoms with Crippen LogP contribution in [0.25, 0.3) is 0 Å². The number of carbonyl (C=O) groups is 2. The minimum Gasteiger partial charge on any atom is -0.466 e. The average molecular weight is 557 g/mol. The lowest BCUT2D eigenvalue weighted by atomic mass is 9.58. The number of ether oxygens (including phenoxy) is 4. The summed E-state index contributed by atoms with van der Waals surface area (Å²) in [5.41, 5.74) is -0.418. The smallest absolute Gasteiger partial charge is 0.308 e. The van der Waals surface area contributed by atoms with Crippen molar-refractivity contribution in [3.63, 3.8) is 0 Å². The van der Waals surface area contributed by atoms with Crippen LogP contribution in [-0.4, -0.2) is 52.1 Å². The zero-order chi connectivity index (χ0) is 28.5. The Morgan fingerprint density at radius 2 is 1.90 bits per heavy atom. The average Bonchev–Trinajstić information content (AvgIpc) is 3.20. The number of esters is 2. The van der Waals surface area contributed by atoms with E-state index in [1.54, 1.807) is 4.57 Å². The molecule has 0 radical (unpaired) electrons. The predicted molar refractivity (Wildman–Crippen MR) is 134 cm³/mol. The number of hydrogen-bond acceptors (Lipinski definition) is 11. The summed E-state index contributed by atoms with van der Waals surface area (Å²) in [6.07, 6.45) is 4.44. The second-order valence-electron chi connectivity index (χ2n) is 11.5. The number of carbonyl (C=O) groups excluding carboxylic acids is 2. The van der Waals surface area contributed by atoms with Crippen LogP contribution in [0, 0.1) is 46.3 Å². The fraction of sp³-hybridized carbons (Fsp3) is 0.750. The van der Waals surface area contributed by atoms with Crippen molar-refractivity contribution in [2.75, 3.05) is 6.61 Å². The van der Waals surface area contributed by atoms with Crippen molar-refractivity contribution in [2.45, 2.75) is 103 Å². The topological polar surface area (TPSA) is 155 Å². The first-order chi connectivity index (χ1) is 19.2. The number of unbranched alkanes of at least 4 members (excludes halogenated alkanes) is 1. The van der Waals surface area contributed by atoms with E-state index in [9.17, 15) is 9.59 Å². The van der Waals surface area contributed by atoms with Crippen molar-refractivity contribution in [1.82, 2.24) is 9.55 Å². The Bertz CT molecular complexity index is 1210. The number of aryl methyl sites for hydroxylation is 1. The van der Waals surface area contributed by atoms with Crippen molar-refractivity contribution in [1.29, 1.82) is 10.5 Å². The van der Waals surface area contributed by atoms with Gasteiger partial charge in [0, 0.05) is 24.8 Å². The minimum absolute atomic E-state index is 0.0379. The molecule has 0 N–H and O–H groups in total. The molecule has 0 amide bonds. The highest BCUT2D eigenvalue weighted by atomic mass is 17.3. The van der Waals surface area contributed by atoms with Gasteiger partial charge in [-0.05, 0) is 50.9 Å². The molecule has 216 valence electrons. The third-order valence-corrected chi connectivity index (χ3v) is 8.98. The summed E-state index contributed by atoms with van der Waals surface area (Å²) >= 11 is 0. The van der Waals surface area contributed by atoms with Gasteiger partial charge in [-0.25, -0.2) is 14.8 Å². The Balaban J connectivity index is 1.07. The highest BCUT2D eigenvalue weighted by Crippen LogP contribution is 2.60. The van der Waals surface area contributed by atoms with Gasteiger partial charge in [-0.3, -0.25) is 9.59 Å². The molecule has 4 aliphatic heterocycles. The van der Waals surface area contributed by atoms with Crippen molar-refractivity contribution in [2.24, 2.45) is 23.7 Å². The highest BCUT2D eigenvalue weighted by molar-refractivity contribution is 5.77. The summed E-state index contributed by atoms with van der Waals surface area (Å²) in [6.45, 7) is 6.74. The first kappa shape index (κ1) is 28.5. The van der Waals surface area contributed by atoms with Gasteiger partial charge in [0.25, 0.3) is 0 Å². The molecule has 2 bridgehead atoms. The molecule has 12 heteroatoms. The molecule has 12 nitrogen and oxygen atoms in total. The zero-order valence-corrected chi connectivity index (χ0v) is 23.2. The molecule has 4 saturated heterocycles. The Morgan fingerprint density at radius 3 is 2.67 bits per heavy atom. The SMILES string of the molecule is C[C@H]1[C@H](OC(=O)CCC(=O)OCCCCn2cnc(C#N)c2C#N)O[C@@H]2O[C@@]3(C)CC[C@H]4[C@H](C)CC[C@@H]1[C@@]24OO3. The van der Waals surface area contributed by atoms with Crippen LogP contribution in [0.3, 0.4) is 0 Å². The summed E-state index contributed by atoms with van der Waals surface area (Å²) in [6, 6.07) is 3.85. The fourth-order valence-electron chi connectivity index (χ4n) is 6.79. The van der Waals surface area contributed by atoms with Crippen LogP contribution < -0.4 is 0 Å². The van der Waals surface area contributed by atoms with Crippen LogP contribution in [0.1, 0.15) is 83.5 Å². The normalized spacial score (nSPS) is 36.0. The number of imidazole rings is 1. The van der Waals surface area contributed by atoms with E-state index in [-0.39, 0.29) is 48.6 Å². The Morgan fingerprint density at radius 1 is 1.10 bits per heavy atom. The van der Waals surface area contributed by atoms with Crippen LogP contribution >= 0.6 is 0 Å². The van der Waals surface area contributed by atoms with Gasteiger partial charge in [-0.1, -0.05) is 13.8 Å². The van der Waals surface area contributed by atoms with E-state index < -0.39 is 35.9 Å². The quantitative estimate of drug-likeness (QED) is 0.249. The van der Waals surface area contributed by atoms with Crippen molar-refractivity contribution in [3.8, 4) is 12.1 Å². The van der Waals surface area contributed by atoms with Gasteiger partial charge in [-0.2, -0.15) is 10.5 Å². The van der Waals surface area contributed by atoms with Gasteiger partial charge >= 0.3 is 11.9 Å². The lowest BCUT2D eigenvalue weighted by molar-refractivity contribution is -0.576. The molecule has 1 saturated carbocycles. The number of aromatic nitrogens is 2. The molecule has 0 unspecified atom stereocenters. The summed E-state index contributed by atoms with van der Waals surface area (Å²) in [4.78, 5) is 40.7. The number of rotatable bonds is 9. The third-order valence-electron chi connectivity index (χ3n) is 8.98. The molecular weight excluding hydrogens is 520 g/mol. The monoisotopic (exact) mass is 556 g/mol. The molecule has 0 aromatic carbocycles. The standard InChI is InChI=1S/C28H36N4O8/c1-17-6-7-20-18(2)25(37-26-28(20)19(17)10-11-27(3,38-26)39-40-28)36-24(34)9-8-23(33)35-13-5-4-12-32-16-31-21(14-29)22(32)15-30/h16-20,25-26H,4-13H2,1-3H3/t17-,18-,19+,20+,25-,26-,27-,28-/m1/s1. The Hall–Kier alpha value is -3.03. The van der Waals surface area contributed by atoms with Gasteiger partial charge < -0.3 is 23.5 Å². The van der Waals surface area contributed by atoms with E-state index in [4.69, 9.17) is 39.2 Å². The summed E-state index contributed by atoms with van der Waals surface area (Å²) < 4.78 is 25.1. The summed E-state index contributed by atoms with van der Waals surface area (Å²) in [5, 5.41) is 18.1. The van der Waals surface area contributed by atoms with Gasteiger partial charge in [0.05, 0.1) is 25.8 Å². The lowest BCUT2D eigenvalue weighted by Gasteiger charge is -2.59. The van der Waals surface area contributed by atoms with E-state index in [1.807, 2.05) is 26.0 Å². The van der Waals surface area contributed by atoms with Gasteiger partial charge in [0.15, 0.2) is 23.3 Å². The molecule has 5 fully saturated rings. The second kappa shape index (κ2) is 11.5. The molecule has 1 aromatic heterocycles. The molecular formula is C28H36N4O8. The van der Waals surface area contributed by atoms with E-state index >= 15 is 0 Å². The van der Waals surface area contributed by atoms with Crippen LogP contribution in [0.5, 0.6) is 0 Å². The lowest BCUT2D eigenvalue weighted by Crippen LogP contribution is -2.70. The maximum Gasteiger partial charge on any atom is 0.308 e. The molecule has 1 aliphatic carbocycles. The molecule has 1 aromatic rings. The number of hydrogen-bond donors (Lipinski definition) is 0. The molecule has 6 rings (SSSR count). The molecule has 40 heavy (non-hydrogen) atoms. The fourth-order valence-corrected chi connectivity index (χ4v) is 6.79. The molecule has 5 aliphatic rings. The molecule has 1 spiro atoms. The van der Waals surface area contributed by atoms with Crippen molar-refractivity contribution >= 4 is 11.9 Å². The van der Waals surface area contributed by atoms with E-state index in [2.05, 4.69) is 11.9 Å². The summed E-state index contributed by atoms with van der Waals surface area (Å²) in [5.74, 6) is -1.39. The maximum atomic E-state index is 12.7. The van der Waals surface area contributed by atoms with Gasteiger partial charge in [0.2, 0.25) is 12.1 Å². The van der Waals surface area contributed by atoms with Crippen LogP contribution in [0.4, 0.5) is 0 Å². The highest BCUT2D eigenvalue weighted by Gasteiger charge is 2.69. The van der Waals surface area contributed by atoms with Crippen LogP contribution in [-0.2, 0) is 44.9 Å². The van der Waals surface area contributed by atoms with Gasteiger partial charge in [-0.15, -0.1) is 0 Å². The first-order valence-electron chi connectivity index (χ1n) is 14.1. The third kappa shape index (κ3) is 5.21. The second-order valence-corrected chi connectivity index (χ2v) is 11.5. The first-order valence-corrected chi connectivity index (χ1v) is 14.1. The largest absolute Gasteiger partial charge is 0.466 e. The van der Waals surface area contributed by atoms with Crippen LogP contribution in [0.2, 0.25) is 0 Å². The van der Waals surface area contributed by atoms with E-state index in [0.717, 1.165) is 19.3 Å². The van der Waals surface area contributed by atoms with Crippen molar-refractivity contribution < 1.29 is 38.3 Å². The number of nitrogens with zero attached hydrogens (tertiary/aromatic N) is 4. The molecule has 5 heterocycles. The maximum absolute atomic E-state index is 12.7. The number of nitriles is 2. The predicted octanol–water partition coefficient (Wildman–Crippen LogP) is 3.48. The van der Waals surface area contributed by atoms with Gasteiger partial charge in [0.1, 0.15) is 12.1 Å². The minimum atomic E-state index is -0.910. The Labute approximate surface area is 233 Å². The van der Waals surface area contributed by atoms with E-state index in [0.29, 0.717) is 31.7 Å². The number of fused-ring (bicyclic) bond motifs is 2. The Kier molecular flexibility index (Phi) is 8.16. The van der Waals surface area contributed by atoms with Crippen molar-refractivity contribution in [3.05, 3.63) is 17.7 Å².